The van der Waals surface area contributed by atoms with E-state index in [0.29, 0.717) is 18.8 Å². The number of amides is 1. The van der Waals surface area contributed by atoms with Gasteiger partial charge in [-0.3, -0.25) is 14.0 Å². The van der Waals surface area contributed by atoms with Crippen LogP contribution in [0.4, 0.5) is 10.1 Å². The molecule has 5 aliphatic rings. The summed E-state index contributed by atoms with van der Waals surface area (Å²) in [5, 5.41) is 2.69. The number of nitrogens with zero attached hydrogens (tertiary/aromatic N) is 4. The highest BCUT2D eigenvalue weighted by Crippen LogP contribution is 2.58. The van der Waals surface area contributed by atoms with E-state index < -0.39 is 23.7 Å². The van der Waals surface area contributed by atoms with Crippen LogP contribution in [0.2, 0.25) is 0 Å². The number of carbonyl (C=O) groups excluding carboxylic acids is 1. The molecule has 3 aliphatic carbocycles. The van der Waals surface area contributed by atoms with Crippen LogP contribution in [0.15, 0.2) is 35.5 Å². The highest BCUT2D eigenvalue weighted by atomic mass is 19.1. The van der Waals surface area contributed by atoms with Crippen LogP contribution >= 0.6 is 0 Å². The lowest BCUT2D eigenvalue weighted by Gasteiger charge is -2.41. The van der Waals surface area contributed by atoms with E-state index in [2.05, 4.69) is 17.2 Å². The van der Waals surface area contributed by atoms with Gasteiger partial charge in [-0.15, -0.1) is 0 Å². The Morgan fingerprint density at radius 2 is 2.09 bits per heavy atom. The van der Waals surface area contributed by atoms with Crippen molar-refractivity contribution in [1.82, 2.24) is 18.9 Å². The second-order valence-corrected chi connectivity index (χ2v) is 10.7. The SMILES string of the molecule is CC12CC(c3cn4cc(C(=O)Nc5cccn(C6CC6F)c5=O)c(OC5CCC5)nc4n3)(CO1)C2. The summed E-state index contributed by atoms with van der Waals surface area (Å²) in [6, 6.07) is 2.69. The molecule has 182 valence electrons. The fourth-order valence-corrected chi connectivity index (χ4v) is 5.70. The number of rotatable bonds is 6. The van der Waals surface area contributed by atoms with Crippen LogP contribution in [0.1, 0.15) is 67.5 Å². The lowest BCUT2D eigenvalue weighted by atomic mass is 9.62. The lowest BCUT2D eigenvalue weighted by molar-refractivity contribution is 0.0154. The maximum atomic E-state index is 13.5. The first-order valence-electron chi connectivity index (χ1n) is 12.2. The van der Waals surface area contributed by atoms with Gasteiger partial charge in [-0.05, 0) is 51.2 Å². The quantitative estimate of drug-likeness (QED) is 0.583. The van der Waals surface area contributed by atoms with Crippen molar-refractivity contribution < 1.29 is 18.7 Å². The standard InChI is InChI=1S/C25H26FN5O4/c1-24-11-25(12-24,13-34-24)19-10-30-9-15(21(29-23(30)28-19)35-14-4-2-5-14)20(32)27-17-6-3-7-31(22(17)33)18-8-16(18)26/h3,6-7,9-10,14,16,18H,2,4-5,8,11-13H2,1H3,(H,27,32). The Kier molecular flexibility index (Phi) is 4.29. The third-order valence-electron chi connectivity index (χ3n) is 7.91. The number of halogens is 1. The fraction of sp³-hybridized carbons (Fsp3) is 0.520. The first-order chi connectivity index (χ1) is 16.8. The summed E-state index contributed by atoms with van der Waals surface area (Å²) in [4.78, 5) is 35.5. The highest BCUT2D eigenvalue weighted by Gasteiger charge is 2.61. The molecule has 5 heterocycles. The van der Waals surface area contributed by atoms with Crippen molar-refractivity contribution in [3.05, 3.63) is 52.3 Å². The van der Waals surface area contributed by atoms with Crippen LogP contribution in [0.3, 0.4) is 0 Å². The second kappa shape index (κ2) is 7.13. The molecule has 0 radical (unpaired) electrons. The van der Waals surface area contributed by atoms with Gasteiger partial charge in [-0.25, -0.2) is 9.37 Å². The largest absolute Gasteiger partial charge is 0.474 e. The van der Waals surface area contributed by atoms with Crippen molar-refractivity contribution in [2.45, 2.75) is 74.8 Å². The van der Waals surface area contributed by atoms with E-state index in [1.807, 2.05) is 6.20 Å². The summed E-state index contributed by atoms with van der Waals surface area (Å²) < 4.78 is 28.6. The summed E-state index contributed by atoms with van der Waals surface area (Å²) in [6.07, 6.45) is 9.13. The van der Waals surface area contributed by atoms with Gasteiger partial charge in [0.2, 0.25) is 11.7 Å². The Hall–Kier alpha value is -3.27. The minimum absolute atomic E-state index is 0.00501. The molecule has 35 heavy (non-hydrogen) atoms. The van der Waals surface area contributed by atoms with E-state index in [1.54, 1.807) is 22.9 Å². The topological polar surface area (TPSA) is 99.8 Å². The highest BCUT2D eigenvalue weighted by molar-refractivity contribution is 6.05. The Balaban J connectivity index is 1.23. The van der Waals surface area contributed by atoms with Gasteiger partial charge in [0, 0.05) is 30.4 Å². The summed E-state index contributed by atoms with van der Waals surface area (Å²) in [7, 11) is 0. The van der Waals surface area contributed by atoms with Gasteiger partial charge in [-0.2, -0.15) is 4.98 Å². The van der Waals surface area contributed by atoms with Crippen molar-refractivity contribution in [2.24, 2.45) is 0 Å². The van der Waals surface area contributed by atoms with Gasteiger partial charge in [0.25, 0.3) is 11.5 Å². The van der Waals surface area contributed by atoms with E-state index >= 15 is 0 Å². The monoisotopic (exact) mass is 479 g/mol. The second-order valence-electron chi connectivity index (χ2n) is 10.7. The van der Waals surface area contributed by atoms with E-state index in [0.717, 1.165) is 37.8 Å². The van der Waals surface area contributed by atoms with Gasteiger partial charge in [0.1, 0.15) is 23.5 Å². The molecule has 9 nitrogen and oxygen atoms in total. The number of pyridine rings is 1. The maximum Gasteiger partial charge on any atom is 0.274 e. The molecule has 5 fully saturated rings. The normalized spacial score (nSPS) is 31.1. The predicted octanol–water partition coefficient (Wildman–Crippen LogP) is 3.18. The fourth-order valence-electron chi connectivity index (χ4n) is 5.70. The molecule has 2 unspecified atom stereocenters. The molecule has 10 heteroatoms. The zero-order chi connectivity index (χ0) is 23.9. The first kappa shape index (κ1) is 21.0. The first-order valence-corrected chi connectivity index (χ1v) is 12.2. The van der Waals surface area contributed by atoms with Crippen molar-refractivity contribution >= 4 is 17.4 Å². The number of hydrogen-bond donors (Lipinski definition) is 1. The maximum absolute atomic E-state index is 13.5. The van der Waals surface area contributed by atoms with Crippen molar-refractivity contribution in [3.63, 3.8) is 0 Å². The van der Waals surface area contributed by atoms with Gasteiger partial charge in [-0.1, -0.05) is 0 Å². The average molecular weight is 480 g/mol. The number of anilines is 1. The van der Waals surface area contributed by atoms with Crippen molar-refractivity contribution in [3.8, 4) is 5.88 Å². The molecular weight excluding hydrogens is 453 g/mol. The molecule has 3 aromatic heterocycles. The van der Waals surface area contributed by atoms with Crippen molar-refractivity contribution in [2.75, 3.05) is 11.9 Å². The molecule has 1 N–H and O–H groups in total. The molecule has 0 aromatic carbocycles. The molecule has 8 rings (SSSR count). The zero-order valence-electron chi connectivity index (χ0n) is 19.4. The summed E-state index contributed by atoms with van der Waals surface area (Å²) in [5.41, 5.74) is 0.609. The molecule has 2 bridgehead atoms. The molecular formula is C25H26FN5O4. The van der Waals surface area contributed by atoms with E-state index in [9.17, 15) is 14.0 Å². The third kappa shape index (κ3) is 3.30. The van der Waals surface area contributed by atoms with Gasteiger partial charge >= 0.3 is 0 Å². The molecule has 0 spiro atoms. The molecule has 3 aromatic rings. The number of nitrogens with one attached hydrogen (secondary N) is 1. The smallest absolute Gasteiger partial charge is 0.274 e. The zero-order valence-corrected chi connectivity index (χ0v) is 19.4. The number of hydrogen-bond acceptors (Lipinski definition) is 6. The minimum Gasteiger partial charge on any atom is -0.474 e. The van der Waals surface area contributed by atoms with Crippen LogP contribution in [0.25, 0.3) is 5.78 Å². The Morgan fingerprint density at radius 1 is 1.29 bits per heavy atom. The summed E-state index contributed by atoms with van der Waals surface area (Å²) >= 11 is 0. The number of carbonyl (C=O) groups is 1. The Bertz CT molecular complexity index is 1420. The lowest BCUT2D eigenvalue weighted by Crippen LogP contribution is -2.45. The molecule has 3 saturated carbocycles. The van der Waals surface area contributed by atoms with Crippen molar-refractivity contribution in [1.29, 1.82) is 0 Å². The Labute approximate surface area is 200 Å². The minimum atomic E-state index is -1.03. The molecule has 2 saturated heterocycles. The van der Waals surface area contributed by atoms with Crippen LogP contribution in [-0.4, -0.2) is 49.3 Å². The number of ether oxygens (including phenoxy) is 2. The number of alkyl halides is 1. The van der Waals surface area contributed by atoms with Crippen LogP contribution in [0, 0.1) is 0 Å². The summed E-state index contributed by atoms with van der Waals surface area (Å²) in [6.45, 7) is 2.75. The Morgan fingerprint density at radius 3 is 2.74 bits per heavy atom. The average Bonchev–Trinajstić information content (AvgIpc) is 3.10. The van der Waals surface area contributed by atoms with Crippen LogP contribution in [-0.2, 0) is 10.2 Å². The number of imidazole rings is 1. The predicted molar refractivity (Wildman–Crippen MR) is 124 cm³/mol. The number of aromatic nitrogens is 4. The van der Waals surface area contributed by atoms with Gasteiger partial charge in [0.15, 0.2) is 0 Å². The van der Waals surface area contributed by atoms with E-state index in [1.165, 1.54) is 10.6 Å². The van der Waals surface area contributed by atoms with E-state index in [4.69, 9.17) is 14.5 Å². The van der Waals surface area contributed by atoms with Gasteiger partial charge < -0.3 is 19.4 Å². The summed E-state index contributed by atoms with van der Waals surface area (Å²) in [5.74, 6) is 0.160. The third-order valence-corrected chi connectivity index (χ3v) is 7.91. The number of fused-ring (bicyclic) bond motifs is 2. The van der Waals surface area contributed by atoms with Gasteiger partial charge in [0.05, 0.1) is 23.9 Å². The van der Waals surface area contributed by atoms with Crippen LogP contribution < -0.4 is 15.6 Å². The molecule has 1 amide bonds. The molecule has 2 aliphatic heterocycles. The van der Waals surface area contributed by atoms with Crippen LogP contribution in [0.5, 0.6) is 5.88 Å². The molecule has 2 atom stereocenters. The van der Waals surface area contributed by atoms with E-state index in [-0.39, 0.29) is 34.3 Å².